The van der Waals surface area contributed by atoms with E-state index in [1.807, 2.05) is 13.8 Å². The summed E-state index contributed by atoms with van der Waals surface area (Å²) in [6.45, 7) is 8.06. The van der Waals surface area contributed by atoms with Gasteiger partial charge in [-0.2, -0.15) is 0 Å². The molecule has 0 spiro atoms. The number of aromatic nitrogens is 1. The van der Waals surface area contributed by atoms with Gasteiger partial charge in [0.1, 0.15) is 23.2 Å². The maximum Gasteiger partial charge on any atom is 0.183 e. The lowest BCUT2D eigenvalue weighted by Crippen LogP contribution is -2.29. The van der Waals surface area contributed by atoms with Crippen molar-refractivity contribution in [1.82, 2.24) is 4.98 Å². The highest BCUT2D eigenvalue weighted by Gasteiger charge is 2.45. The molecule has 150 valence electrons. The summed E-state index contributed by atoms with van der Waals surface area (Å²) in [7, 11) is 0. The lowest BCUT2D eigenvalue weighted by molar-refractivity contribution is -0.116. The van der Waals surface area contributed by atoms with E-state index in [1.54, 1.807) is 12.1 Å². The number of aliphatic hydroxyl groups excluding tert-OH is 1. The molecule has 3 rings (SSSR count). The van der Waals surface area contributed by atoms with E-state index < -0.39 is 5.92 Å². The Balaban J connectivity index is 1.96. The predicted molar refractivity (Wildman–Crippen MR) is 110 cm³/mol. The van der Waals surface area contributed by atoms with Crippen LogP contribution in [0, 0.1) is 13.8 Å². The van der Waals surface area contributed by atoms with E-state index in [1.165, 1.54) is 0 Å². The molecule has 1 unspecified atom stereocenters. The highest BCUT2D eigenvalue weighted by Crippen LogP contribution is 2.49. The summed E-state index contributed by atoms with van der Waals surface area (Å²) in [6.07, 6.45) is 4.72. The molecule has 1 aromatic heterocycles. The molecule has 1 heterocycles. The molecule has 1 aliphatic carbocycles. The van der Waals surface area contributed by atoms with Gasteiger partial charge in [-0.1, -0.05) is 26.7 Å². The number of rotatable bonds is 7. The van der Waals surface area contributed by atoms with Crippen molar-refractivity contribution < 1.29 is 20.1 Å². The van der Waals surface area contributed by atoms with Crippen molar-refractivity contribution in [2.75, 3.05) is 0 Å². The van der Waals surface area contributed by atoms with Gasteiger partial charge in [-0.3, -0.25) is 4.79 Å². The summed E-state index contributed by atoms with van der Waals surface area (Å²) in [5.74, 6) is -1.52. The average Bonchev–Trinajstić information content (AvgIpc) is 2.91. The first-order chi connectivity index (χ1) is 13.3. The molecule has 28 heavy (non-hydrogen) atoms. The van der Waals surface area contributed by atoms with Gasteiger partial charge in [0.05, 0.1) is 11.1 Å². The number of carbonyl (C=O) groups excluding carboxylic acids is 1. The zero-order valence-corrected chi connectivity index (χ0v) is 17.0. The van der Waals surface area contributed by atoms with Gasteiger partial charge in [0.2, 0.25) is 0 Å². The number of nitrogens with one attached hydrogen (secondary N) is 1. The molecular formula is C23H29NO4. The summed E-state index contributed by atoms with van der Waals surface area (Å²) in [5.41, 5.74) is 4.65. The van der Waals surface area contributed by atoms with Gasteiger partial charge in [-0.05, 0) is 61.9 Å². The molecule has 0 fully saturated rings. The van der Waals surface area contributed by atoms with E-state index >= 15 is 0 Å². The number of hydrogen-bond acceptors (Lipinski definition) is 4. The highest BCUT2D eigenvalue weighted by molar-refractivity contribution is 6.32. The van der Waals surface area contributed by atoms with Gasteiger partial charge in [0.15, 0.2) is 5.78 Å². The number of phenols is 2. The minimum Gasteiger partial charge on any atom is -0.510 e. The Morgan fingerprint density at radius 2 is 1.68 bits per heavy atom. The fourth-order valence-corrected chi connectivity index (χ4v) is 4.26. The zero-order valence-electron chi connectivity index (χ0n) is 17.0. The first-order valence-electron chi connectivity index (χ1n) is 10.0. The Labute approximate surface area is 165 Å². The average molecular weight is 383 g/mol. The molecule has 5 heteroatoms. The van der Waals surface area contributed by atoms with Crippen LogP contribution in [-0.2, 0) is 17.6 Å². The van der Waals surface area contributed by atoms with E-state index in [0.29, 0.717) is 5.69 Å². The summed E-state index contributed by atoms with van der Waals surface area (Å²) < 4.78 is 0. The minimum atomic E-state index is -0.767. The smallest absolute Gasteiger partial charge is 0.183 e. The molecule has 1 aromatic carbocycles. The van der Waals surface area contributed by atoms with Gasteiger partial charge < -0.3 is 20.3 Å². The maximum absolute atomic E-state index is 12.9. The van der Waals surface area contributed by atoms with Crippen LogP contribution in [0.5, 0.6) is 11.5 Å². The number of benzene rings is 1. The van der Waals surface area contributed by atoms with E-state index in [-0.39, 0.29) is 34.2 Å². The number of allylic oxidation sites excluding steroid dienone is 2. The molecule has 1 atom stereocenters. The fraction of sp³-hybridized carbons (Fsp3) is 0.435. The number of carbonyl (C=O) groups is 1. The molecule has 0 amide bonds. The lowest BCUT2D eigenvalue weighted by atomic mass is 9.75. The number of aromatic amines is 1. The van der Waals surface area contributed by atoms with Gasteiger partial charge >= 0.3 is 0 Å². The van der Waals surface area contributed by atoms with Crippen LogP contribution in [0.2, 0.25) is 0 Å². The molecule has 0 saturated heterocycles. The molecular weight excluding hydrogens is 354 g/mol. The number of H-pyrrole nitrogens is 1. The first kappa shape index (κ1) is 20.1. The highest BCUT2D eigenvalue weighted by atomic mass is 16.3. The Hall–Kier alpha value is -2.69. The number of hydrogen-bond donors (Lipinski definition) is 4. The molecule has 0 bridgehead atoms. The van der Waals surface area contributed by atoms with E-state index in [9.17, 15) is 20.1 Å². The predicted octanol–water partition coefficient (Wildman–Crippen LogP) is 4.97. The van der Waals surface area contributed by atoms with Crippen molar-refractivity contribution in [2.45, 2.75) is 65.7 Å². The lowest BCUT2D eigenvalue weighted by Gasteiger charge is -2.29. The van der Waals surface area contributed by atoms with Crippen molar-refractivity contribution in [3.63, 3.8) is 0 Å². The molecule has 0 radical (unpaired) electrons. The van der Waals surface area contributed by atoms with Gasteiger partial charge in [-0.25, -0.2) is 0 Å². The second-order valence-electron chi connectivity index (χ2n) is 7.64. The molecule has 4 N–H and O–H groups in total. The quantitative estimate of drug-likeness (QED) is 0.508. The second kappa shape index (κ2) is 7.74. The first-order valence-corrected chi connectivity index (χ1v) is 10.0. The van der Waals surface area contributed by atoms with Crippen LogP contribution in [0.3, 0.4) is 0 Å². The second-order valence-corrected chi connectivity index (χ2v) is 7.64. The molecule has 0 saturated carbocycles. The van der Waals surface area contributed by atoms with Crippen LogP contribution in [0.15, 0.2) is 17.9 Å². The fourth-order valence-electron chi connectivity index (χ4n) is 4.26. The molecule has 1 aliphatic rings. The number of aromatic hydroxyl groups is 2. The van der Waals surface area contributed by atoms with Crippen molar-refractivity contribution >= 4 is 11.4 Å². The Morgan fingerprint density at radius 3 is 2.18 bits per heavy atom. The number of aryl methyl sites for hydroxylation is 2. The Bertz CT molecular complexity index is 929. The standard InChI is InChI=1S/C23H29NO4/c1-5-7-8-9-14-10-16(25)18(17(26)11-14)19-22(27)20(23(19)28)21-12(3)15(6-2)13(4)24-21/h10-11,20,24-27H,5-9H2,1-4H3. The van der Waals surface area contributed by atoms with E-state index in [2.05, 4.69) is 18.8 Å². The monoisotopic (exact) mass is 383 g/mol. The summed E-state index contributed by atoms with van der Waals surface area (Å²) in [5, 5.41) is 31.5. The van der Waals surface area contributed by atoms with Crippen LogP contribution in [0.4, 0.5) is 0 Å². The minimum absolute atomic E-state index is 0.00445. The third kappa shape index (κ3) is 3.19. The van der Waals surface area contributed by atoms with Crippen molar-refractivity contribution in [3.8, 4) is 11.5 Å². The van der Waals surface area contributed by atoms with Crippen LogP contribution in [-0.4, -0.2) is 26.1 Å². The van der Waals surface area contributed by atoms with E-state index in [4.69, 9.17) is 0 Å². The Morgan fingerprint density at radius 1 is 1.04 bits per heavy atom. The van der Waals surface area contributed by atoms with Crippen LogP contribution < -0.4 is 0 Å². The SMILES string of the molecule is CCCCCc1cc(O)c(C2=C(O)C(c3[nH]c(C)c(CC)c3C)C2=O)c(O)c1. The largest absolute Gasteiger partial charge is 0.510 e. The van der Waals surface area contributed by atoms with Gasteiger partial charge in [-0.15, -0.1) is 0 Å². The van der Waals surface area contributed by atoms with Crippen LogP contribution in [0.25, 0.3) is 5.57 Å². The van der Waals surface area contributed by atoms with Gasteiger partial charge in [0, 0.05) is 11.4 Å². The zero-order chi connectivity index (χ0) is 20.6. The molecule has 0 aliphatic heterocycles. The molecule has 2 aromatic rings. The third-order valence-corrected chi connectivity index (χ3v) is 5.79. The normalized spacial score (nSPS) is 16.6. The van der Waals surface area contributed by atoms with Crippen LogP contribution in [0.1, 0.15) is 72.7 Å². The Kier molecular flexibility index (Phi) is 5.54. The van der Waals surface area contributed by atoms with Gasteiger partial charge in [0.25, 0.3) is 0 Å². The number of Topliss-reactive ketones (excluding diaryl/α,β-unsaturated/α-hetero) is 1. The maximum atomic E-state index is 12.9. The summed E-state index contributed by atoms with van der Waals surface area (Å²) in [6, 6.07) is 3.15. The molecule has 5 nitrogen and oxygen atoms in total. The van der Waals surface area contributed by atoms with Crippen molar-refractivity contribution in [3.05, 3.63) is 51.5 Å². The van der Waals surface area contributed by atoms with Crippen LogP contribution >= 0.6 is 0 Å². The summed E-state index contributed by atoms with van der Waals surface area (Å²) >= 11 is 0. The topological polar surface area (TPSA) is 93.5 Å². The summed E-state index contributed by atoms with van der Waals surface area (Å²) in [4.78, 5) is 16.1. The van der Waals surface area contributed by atoms with Crippen molar-refractivity contribution in [2.24, 2.45) is 0 Å². The number of aliphatic hydroxyl groups is 1. The number of ketones is 1. The number of phenolic OH excluding ortho intramolecular Hbond substituents is 2. The number of unbranched alkanes of at least 4 members (excludes halogenated alkanes) is 2. The third-order valence-electron chi connectivity index (χ3n) is 5.79. The van der Waals surface area contributed by atoms with E-state index in [0.717, 1.165) is 54.5 Å². The van der Waals surface area contributed by atoms with Crippen molar-refractivity contribution in [1.29, 1.82) is 0 Å².